The average Bonchev–Trinajstić information content (AvgIpc) is 2.94. The van der Waals surface area contributed by atoms with Crippen LogP contribution < -0.4 is 14.4 Å². The minimum atomic E-state index is -0.398. The number of carbonyl (C=O) groups excluding carboxylic acids is 1. The van der Waals surface area contributed by atoms with Gasteiger partial charge in [-0.15, -0.1) is 6.58 Å². The van der Waals surface area contributed by atoms with Crippen molar-refractivity contribution in [1.82, 2.24) is 4.72 Å². The van der Waals surface area contributed by atoms with E-state index in [4.69, 9.17) is 4.74 Å². The van der Waals surface area contributed by atoms with Crippen molar-refractivity contribution in [2.24, 2.45) is 23.7 Å². The first-order chi connectivity index (χ1) is 15.5. The van der Waals surface area contributed by atoms with Crippen molar-refractivity contribution in [1.29, 1.82) is 0 Å². The van der Waals surface area contributed by atoms with E-state index >= 15 is 0 Å². The monoisotopic (exact) mass is 456 g/mol. The SMILES string of the molecule is C=CCC1COc2ccc3cc2N(C1)CC1CCC1CCCCC(C)C(C)S(=C)NC3=O. The third-order valence-electron chi connectivity index (χ3n) is 8.00. The normalized spacial score (nSPS) is 33.7. The van der Waals surface area contributed by atoms with Gasteiger partial charge in [0.2, 0.25) is 0 Å². The molecule has 6 atom stereocenters. The highest BCUT2D eigenvalue weighted by Gasteiger charge is 2.34. The Bertz CT molecular complexity index is 854. The van der Waals surface area contributed by atoms with Gasteiger partial charge in [0.05, 0.1) is 12.3 Å². The molecule has 176 valence electrons. The summed E-state index contributed by atoms with van der Waals surface area (Å²) in [6.45, 7) is 11.2. The van der Waals surface area contributed by atoms with Gasteiger partial charge in [-0.2, -0.15) is 0 Å². The fraction of sp³-hybridized carbons (Fsp3) is 0.630. The molecule has 0 saturated heterocycles. The van der Waals surface area contributed by atoms with Crippen LogP contribution in [0.5, 0.6) is 5.75 Å². The van der Waals surface area contributed by atoms with Crippen molar-refractivity contribution in [2.45, 2.75) is 64.0 Å². The van der Waals surface area contributed by atoms with Gasteiger partial charge in [-0.25, -0.2) is 0 Å². The number of hydrogen-bond donors (Lipinski definition) is 1. The molecular formula is C27H40N2O2S. The van der Waals surface area contributed by atoms with Gasteiger partial charge < -0.3 is 14.4 Å². The zero-order valence-corrected chi connectivity index (χ0v) is 20.7. The first-order valence-corrected chi connectivity index (χ1v) is 13.9. The molecule has 0 spiro atoms. The molecule has 1 amide bonds. The summed E-state index contributed by atoms with van der Waals surface area (Å²) >= 11 is 0. The predicted octanol–water partition coefficient (Wildman–Crippen LogP) is 6.05. The van der Waals surface area contributed by atoms with E-state index in [1.54, 1.807) is 0 Å². The van der Waals surface area contributed by atoms with Gasteiger partial charge in [-0.05, 0) is 61.6 Å². The molecule has 1 saturated carbocycles. The zero-order valence-electron chi connectivity index (χ0n) is 19.9. The van der Waals surface area contributed by atoms with Gasteiger partial charge in [-0.1, -0.05) is 55.7 Å². The molecule has 1 aromatic rings. The lowest BCUT2D eigenvalue weighted by Gasteiger charge is -2.41. The number of anilines is 1. The molecule has 1 aliphatic carbocycles. The summed E-state index contributed by atoms with van der Waals surface area (Å²) in [6, 6.07) is 5.94. The van der Waals surface area contributed by atoms with Crippen LogP contribution >= 0.6 is 10.7 Å². The third kappa shape index (κ3) is 5.24. The number of ether oxygens (including phenoxy) is 1. The van der Waals surface area contributed by atoms with E-state index in [9.17, 15) is 4.79 Å². The highest BCUT2D eigenvalue weighted by Crippen LogP contribution is 2.42. The highest BCUT2D eigenvalue weighted by molar-refractivity contribution is 8.13. The molecule has 1 fully saturated rings. The molecule has 0 aromatic heterocycles. The predicted molar refractivity (Wildman–Crippen MR) is 138 cm³/mol. The second-order valence-electron chi connectivity index (χ2n) is 10.2. The standard InChI is InChI=1S/C27H40N2O2S/c1-5-8-21-16-29-17-24-12-11-22(24)10-7-6-9-19(2)20(3)32(4)28-27(30)23-13-14-26(31-18-21)25(29)15-23/h5,13-15,19-22,24H,1,4,6-12,16-18H2,2-3H3,(H,28,30). The summed E-state index contributed by atoms with van der Waals surface area (Å²) < 4.78 is 9.41. The molecule has 1 aromatic carbocycles. The molecule has 1 N–H and O–H groups in total. The maximum Gasteiger partial charge on any atom is 0.260 e. The van der Waals surface area contributed by atoms with Gasteiger partial charge in [0.25, 0.3) is 5.91 Å². The van der Waals surface area contributed by atoms with Crippen LogP contribution in [0.4, 0.5) is 5.69 Å². The first-order valence-electron chi connectivity index (χ1n) is 12.4. The molecule has 2 bridgehead atoms. The fourth-order valence-electron chi connectivity index (χ4n) is 5.45. The zero-order chi connectivity index (χ0) is 22.7. The summed E-state index contributed by atoms with van der Waals surface area (Å²) in [5, 5.41) is 0.378. The molecule has 4 rings (SSSR count). The highest BCUT2D eigenvalue weighted by atomic mass is 32.2. The van der Waals surface area contributed by atoms with Gasteiger partial charge >= 0.3 is 0 Å². The first kappa shape index (κ1) is 23.4. The van der Waals surface area contributed by atoms with E-state index < -0.39 is 10.7 Å². The van der Waals surface area contributed by atoms with Crippen LogP contribution in [0.1, 0.15) is 69.2 Å². The van der Waals surface area contributed by atoms with E-state index in [-0.39, 0.29) is 5.91 Å². The molecular weight excluding hydrogens is 416 g/mol. The fourth-order valence-corrected chi connectivity index (χ4v) is 6.69. The molecule has 4 nitrogen and oxygen atoms in total. The third-order valence-corrected chi connectivity index (χ3v) is 9.81. The Balaban J connectivity index is 1.65. The Morgan fingerprint density at radius 1 is 1.16 bits per heavy atom. The summed E-state index contributed by atoms with van der Waals surface area (Å²) in [4.78, 5) is 15.6. The molecule has 0 radical (unpaired) electrons. The average molecular weight is 457 g/mol. The van der Waals surface area contributed by atoms with Crippen LogP contribution in [0, 0.1) is 23.7 Å². The smallest absolute Gasteiger partial charge is 0.260 e. The van der Waals surface area contributed by atoms with Crippen molar-refractivity contribution >= 4 is 28.1 Å². The van der Waals surface area contributed by atoms with Crippen LogP contribution in [0.15, 0.2) is 30.9 Å². The second-order valence-corrected chi connectivity index (χ2v) is 12.0. The molecule has 5 heteroatoms. The van der Waals surface area contributed by atoms with Crippen molar-refractivity contribution in [3.05, 3.63) is 36.4 Å². The van der Waals surface area contributed by atoms with Gasteiger partial charge in [0.1, 0.15) is 5.75 Å². The quantitative estimate of drug-likeness (QED) is 0.435. The largest absolute Gasteiger partial charge is 0.491 e. The summed E-state index contributed by atoms with van der Waals surface area (Å²) in [6.07, 6.45) is 10.8. The summed E-state index contributed by atoms with van der Waals surface area (Å²) in [7, 11) is -0.398. The maximum atomic E-state index is 13.1. The Morgan fingerprint density at radius 2 is 1.94 bits per heavy atom. The Kier molecular flexibility index (Phi) is 7.65. The molecule has 2 heterocycles. The van der Waals surface area contributed by atoms with E-state index in [0.29, 0.717) is 29.3 Å². The van der Waals surface area contributed by atoms with Crippen LogP contribution in [0.3, 0.4) is 0 Å². The van der Waals surface area contributed by atoms with E-state index in [1.165, 1.54) is 38.5 Å². The van der Waals surface area contributed by atoms with Crippen molar-refractivity contribution < 1.29 is 9.53 Å². The van der Waals surface area contributed by atoms with Crippen LogP contribution in [0.2, 0.25) is 0 Å². The van der Waals surface area contributed by atoms with Crippen LogP contribution in [0.25, 0.3) is 0 Å². The number of benzene rings is 1. The number of nitrogens with one attached hydrogen (secondary N) is 1. The number of rotatable bonds is 2. The van der Waals surface area contributed by atoms with Gasteiger partial charge in [-0.3, -0.25) is 4.79 Å². The minimum Gasteiger partial charge on any atom is -0.491 e. The van der Waals surface area contributed by atoms with Crippen molar-refractivity contribution in [3.63, 3.8) is 0 Å². The lowest BCUT2D eigenvalue weighted by atomic mass is 9.70. The number of nitrogens with zero attached hydrogens (tertiary/aromatic N) is 1. The van der Waals surface area contributed by atoms with Crippen LogP contribution in [-0.2, 0) is 0 Å². The van der Waals surface area contributed by atoms with Crippen molar-refractivity contribution in [3.8, 4) is 5.75 Å². The second kappa shape index (κ2) is 10.5. The number of allylic oxidation sites excluding steroid dienone is 1. The number of amides is 1. The summed E-state index contributed by atoms with van der Waals surface area (Å²) in [5.41, 5.74) is 1.78. The van der Waals surface area contributed by atoms with E-state index in [1.807, 2.05) is 24.3 Å². The van der Waals surface area contributed by atoms with Gasteiger partial charge in [0.15, 0.2) is 0 Å². The summed E-state index contributed by atoms with van der Waals surface area (Å²) in [5.74, 6) is 7.78. The number of carbonyl (C=O) groups is 1. The van der Waals surface area contributed by atoms with E-state index in [0.717, 1.165) is 42.8 Å². The topological polar surface area (TPSA) is 41.6 Å². The lowest BCUT2D eigenvalue weighted by molar-refractivity contribution is 0.0984. The molecule has 32 heavy (non-hydrogen) atoms. The van der Waals surface area contributed by atoms with Crippen LogP contribution in [-0.4, -0.2) is 36.7 Å². The maximum absolute atomic E-state index is 13.1. The molecule has 2 aliphatic heterocycles. The number of hydrogen-bond acceptors (Lipinski definition) is 3. The van der Waals surface area contributed by atoms with Crippen molar-refractivity contribution in [2.75, 3.05) is 24.6 Å². The minimum absolute atomic E-state index is 0.0226. The van der Waals surface area contributed by atoms with Gasteiger partial charge in [0, 0.05) is 29.8 Å². The Morgan fingerprint density at radius 3 is 2.69 bits per heavy atom. The Hall–Kier alpha value is -1.75. The molecule has 3 aliphatic rings. The Labute approximate surface area is 196 Å². The lowest BCUT2D eigenvalue weighted by Crippen LogP contribution is -2.40. The molecule has 6 unspecified atom stereocenters. The van der Waals surface area contributed by atoms with E-state index in [2.05, 4.69) is 35.9 Å². The number of fused-ring (bicyclic) bond motifs is 2.